The minimum Gasteiger partial charge on any atom is -0.494 e. The number of aromatic nitrogens is 2. The summed E-state index contributed by atoms with van der Waals surface area (Å²) in [7, 11) is 1.27. The summed E-state index contributed by atoms with van der Waals surface area (Å²) in [5.41, 5.74) is -0.715. The first kappa shape index (κ1) is 28.1. The van der Waals surface area contributed by atoms with Crippen LogP contribution < -0.4 is 20.5 Å². The molecule has 4 rings (SSSR count). The second-order valence-electron chi connectivity index (χ2n) is 9.18. The lowest BCUT2D eigenvalue weighted by atomic mass is 10.1. The van der Waals surface area contributed by atoms with Gasteiger partial charge in [0.25, 0.3) is 5.56 Å². The van der Waals surface area contributed by atoms with E-state index in [0.29, 0.717) is 5.52 Å². The van der Waals surface area contributed by atoms with E-state index < -0.39 is 35.7 Å². The van der Waals surface area contributed by atoms with Crippen LogP contribution in [0.3, 0.4) is 0 Å². The molecule has 0 aliphatic carbocycles. The van der Waals surface area contributed by atoms with Crippen molar-refractivity contribution in [2.75, 3.05) is 44.7 Å². The molecule has 0 spiro atoms. The number of halogens is 4. The second-order valence-corrected chi connectivity index (χ2v) is 9.18. The molecule has 12 heteroatoms. The Labute approximate surface area is 222 Å². The van der Waals surface area contributed by atoms with Crippen molar-refractivity contribution in [3.63, 3.8) is 0 Å². The van der Waals surface area contributed by atoms with Gasteiger partial charge in [0, 0.05) is 30.9 Å². The number of nitrogens with one attached hydrogen (secondary N) is 1. The first-order valence-electron chi connectivity index (χ1n) is 12.4. The zero-order valence-electron chi connectivity index (χ0n) is 21.6. The summed E-state index contributed by atoms with van der Waals surface area (Å²) in [5, 5.41) is 1.89. The number of anilines is 1. The predicted octanol–water partition coefficient (Wildman–Crippen LogP) is 3.94. The Morgan fingerprint density at radius 3 is 2.59 bits per heavy atom. The average molecular weight is 548 g/mol. The molecule has 1 N–H and O–H groups in total. The van der Waals surface area contributed by atoms with E-state index in [0.717, 1.165) is 55.5 Å². The molecule has 2 heterocycles. The van der Waals surface area contributed by atoms with Gasteiger partial charge in [0.1, 0.15) is 18.1 Å². The van der Waals surface area contributed by atoms with Crippen LogP contribution in [-0.2, 0) is 11.3 Å². The van der Waals surface area contributed by atoms with Crippen molar-refractivity contribution >= 4 is 22.5 Å². The molecule has 0 bridgehead atoms. The van der Waals surface area contributed by atoms with Gasteiger partial charge < -0.3 is 19.9 Å². The van der Waals surface area contributed by atoms with Crippen molar-refractivity contribution in [2.45, 2.75) is 26.1 Å². The number of allylic oxidation sites excluding steroid dienone is 1. The number of hydrogen-bond acceptors (Lipinski definition) is 6. The van der Waals surface area contributed by atoms with E-state index in [4.69, 9.17) is 4.74 Å². The van der Waals surface area contributed by atoms with Crippen molar-refractivity contribution in [1.82, 2.24) is 19.8 Å². The second kappa shape index (κ2) is 11.4. The molecule has 208 valence electrons. The van der Waals surface area contributed by atoms with Gasteiger partial charge in [-0.1, -0.05) is 13.5 Å². The molecule has 2 aromatic carbocycles. The zero-order valence-corrected chi connectivity index (χ0v) is 21.6. The highest BCUT2D eigenvalue weighted by Gasteiger charge is 2.33. The summed E-state index contributed by atoms with van der Waals surface area (Å²) >= 11 is 0. The van der Waals surface area contributed by atoms with Gasteiger partial charge in [-0.15, -0.1) is 0 Å². The molecule has 3 aromatic rings. The van der Waals surface area contributed by atoms with Crippen molar-refractivity contribution in [2.24, 2.45) is 0 Å². The van der Waals surface area contributed by atoms with Gasteiger partial charge >= 0.3 is 6.18 Å². The number of carbonyl (C=O) groups is 1. The lowest BCUT2D eigenvalue weighted by molar-refractivity contribution is -0.126. The van der Waals surface area contributed by atoms with Gasteiger partial charge in [-0.05, 0) is 55.9 Å². The molecule has 1 aliphatic rings. The van der Waals surface area contributed by atoms with Crippen LogP contribution in [0.25, 0.3) is 22.3 Å². The fourth-order valence-electron chi connectivity index (χ4n) is 4.54. The SMILES string of the molecule is C=C(NC(=O)Cn1c(-c2ccc(F)c(OC)c2)nc2ccc(N3CCCN(CC)CC3)cc2c1=O)C(F)(F)F. The van der Waals surface area contributed by atoms with Crippen LogP contribution in [0.1, 0.15) is 13.3 Å². The molecule has 1 fully saturated rings. The highest BCUT2D eigenvalue weighted by Crippen LogP contribution is 2.28. The van der Waals surface area contributed by atoms with E-state index in [1.807, 2.05) is 6.07 Å². The number of benzene rings is 2. The lowest BCUT2D eigenvalue weighted by Crippen LogP contribution is -2.36. The number of amides is 1. The van der Waals surface area contributed by atoms with Crippen LogP contribution in [0.5, 0.6) is 5.75 Å². The van der Waals surface area contributed by atoms with Crippen LogP contribution in [0.2, 0.25) is 0 Å². The maximum Gasteiger partial charge on any atom is 0.430 e. The van der Waals surface area contributed by atoms with Crippen LogP contribution in [0.4, 0.5) is 23.2 Å². The normalized spacial score (nSPS) is 14.8. The summed E-state index contributed by atoms with van der Waals surface area (Å²) in [4.78, 5) is 35.4. The van der Waals surface area contributed by atoms with E-state index in [1.54, 1.807) is 17.4 Å². The van der Waals surface area contributed by atoms with Crippen molar-refractivity contribution in [3.8, 4) is 17.1 Å². The Morgan fingerprint density at radius 2 is 1.90 bits per heavy atom. The molecule has 1 aliphatic heterocycles. The minimum absolute atomic E-state index is 0.0281. The van der Waals surface area contributed by atoms with Crippen molar-refractivity contribution in [3.05, 3.63) is 64.8 Å². The van der Waals surface area contributed by atoms with E-state index in [9.17, 15) is 27.2 Å². The Kier molecular flexibility index (Phi) is 8.24. The topological polar surface area (TPSA) is 79.7 Å². The maximum absolute atomic E-state index is 14.1. The molecular formula is C27H29F4N5O3. The number of ether oxygens (including phenoxy) is 1. The number of carbonyl (C=O) groups excluding carboxylic acids is 1. The van der Waals surface area contributed by atoms with Crippen LogP contribution in [-0.4, -0.2) is 66.4 Å². The van der Waals surface area contributed by atoms with E-state index in [1.165, 1.54) is 19.2 Å². The van der Waals surface area contributed by atoms with Gasteiger partial charge in [-0.25, -0.2) is 9.37 Å². The Balaban J connectivity index is 1.80. The number of methoxy groups -OCH3 is 1. The molecule has 1 saturated heterocycles. The Bertz CT molecular complexity index is 1450. The number of fused-ring (bicyclic) bond motifs is 1. The van der Waals surface area contributed by atoms with Gasteiger partial charge in [0.15, 0.2) is 11.6 Å². The molecule has 1 amide bonds. The van der Waals surface area contributed by atoms with E-state index >= 15 is 0 Å². The molecule has 8 nitrogen and oxygen atoms in total. The number of likely N-dealkylation sites (N-methyl/N-ethyl adjacent to an activating group) is 1. The van der Waals surface area contributed by atoms with Crippen molar-refractivity contribution in [1.29, 1.82) is 0 Å². The molecular weight excluding hydrogens is 518 g/mol. The first-order valence-corrected chi connectivity index (χ1v) is 12.4. The standard InChI is InChI=1S/C27H29F4N5O3/c1-4-34-10-5-11-35(13-12-34)19-7-9-22-20(15-19)26(38)36(16-24(37)32-17(2)27(29,30)31)25(33-22)18-6-8-21(28)23(14-18)39-3/h6-9,14-15H,2,4-5,10-13,16H2,1,3H3,(H,32,37). The average Bonchev–Trinajstić information content (AvgIpc) is 3.15. The third kappa shape index (κ3) is 6.22. The van der Waals surface area contributed by atoms with E-state index in [-0.39, 0.29) is 22.5 Å². The molecule has 39 heavy (non-hydrogen) atoms. The molecule has 1 aromatic heterocycles. The third-order valence-corrected chi connectivity index (χ3v) is 6.68. The highest BCUT2D eigenvalue weighted by molar-refractivity contribution is 5.85. The monoisotopic (exact) mass is 547 g/mol. The zero-order chi connectivity index (χ0) is 28.3. The molecule has 0 unspecified atom stereocenters. The fraction of sp³-hybridized carbons (Fsp3) is 0.370. The number of hydrogen-bond donors (Lipinski definition) is 1. The number of alkyl halides is 3. The minimum atomic E-state index is -4.84. The van der Waals surface area contributed by atoms with Crippen molar-refractivity contribution < 1.29 is 27.1 Å². The molecule has 0 saturated carbocycles. The first-order chi connectivity index (χ1) is 18.5. The summed E-state index contributed by atoms with van der Waals surface area (Å²) in [5.74, 6) is -1.92. The fourth-order valence-corrected chi connectivity index (χ4v) is 4.54. The highest BCUT2D eigenvalue weighted by atomic mass is 19.4. The smallest absolute Gasteiger partial charge is 0.430 e. The number of rotatable bonds is 7. The van der Waals surface area contributed by atoms with Crippen LogP contribution in [0.15, 0.2) is 53.5 Å². The quantitative estimate of drug-likeness (QED) is 0.452. The Hall–Kier alpha value is -3.93. The van der Waals surface area contributed by atoms with Crippen LogP contribution in [0, 0.1) is 5.82 Å². The summed E-state index contributed by atoms with van der Waals surface area (Å²) in [6, 6.07) is 8.99. The van der Waals surface area contributed by atoms with Gasteiger partial charge in [0.05, 0.1) is 18.0 Å². The van der Waals surface area contributed by atoms with Gasteiger partial charge in [0.2, 0.25) is 5.91 Å². The largest absolute Gasteiger partial charge is 0.494 e. The van der Waals surface area contributed by atoms with Gasteiger partial charge in [-0.2, -0.15) is 13.2 Å². The predicted molar refractivity (Wildman–Crippen MR) is 140 cm³/mol. The van der Waals surface area contributed by atoms with Gasteiger partial charge in [-0.3, -0.25) is 14.2 Å². The summed E-state index contributed by atoms with van der Waals surface area (Å²) in [6.07, 6.45) is -3.90. The maximum atomic E-state index is 14.1. The summed E-state index contributed by atoms with van der Waals surface area (Å²) < 4.78 is 58.9. The molecule has 0 atom stereocenters. The van der Waals surface area contributed by atoms with Crippen LogP contribution >= 0.6 is 0 Å². The number of nitrogens with zero attached hydrogens (tertiary/aromatic N) is 4. The molecule has 0 radical (unpaired) electrons. The van der Waals surface area contributed by atoms with E-state index in [2.05, 4.69) is 28.3 Å². The Morgan fingerprint density at radius 1 is 1.13 bits per heavy atom. The lowest BCUT2D eigenvalue weighted by Gasteiger charge is -2.24. The third-order valence-electron chi connectivity index (χ3n) is 6.68. The summed E-state index contributed by atoms with van der Waals surface area (Å²) in [6.45, 7) is 8.51.